The predicted octanol–water partition coefficient (Wildman–Crippen LogP) is 4.87. The Kier molecular flexibility index (Phi) is 6.15. The van der Waals surface area contributed by atoms with Gasteiger partial charge in [0.25, 0.3) is 0 Å². The number of ether oxygens (including phenoxy) is 1. The van der Waals surface area contributed by atoms with Gasteiger partial charge < -0.3 is 20.3 Å². The number of carbonyl (C=O) groups is 2. The van der Waals surface area contributed by atoms with Crippen LogP contribution in [-0.2, 0) is 16.0 Å². The van der Waals surface area contributed by atoms with Crippen LogP contribution in [0.15, 0.2) is 71.8 Å². The molecule has 0 spiro atoms. The summed E-state index contributed by atoms with van der Waals surface area (Å²) in [6, 6.07) is 18.7. The highest BCUT2D eigenvalue weighted by molar-refractivity contribution is 5.81. The lowest BCUT2D eigenvalue weighted by molar-refractivity contribution is -0.139. The molecule has 9 nitrogen and oxygen atoms in total. The molecular weight excluding hydrogens is 424 g/mol. The highest BCUT2D eigenvalue weighted by atomic mass is 16.5. The van der Waals surface area contributed by atoms with Gasteiger partial charge in [0.1, 0.15) is 18.4 Å². The second kappa shape index (κ2) is 9.33. The number of fused-ring (bicyclic) bond motifs is 3. The van der Waals surface area contributed by atoms with Crippen molar-refractivity contribution >= 4 is 17.7 Å². The van der Waals surface area contributed by atoms with Crippen LogP contribution < -0.4 is 5.32 Å². The molecule has 1 aliphatic carbocycles. The van der Waals surface area contributed by atoms with Crippen LogP contribution in [-0.4, -0.2) is 34.9 Å². The molecule has 0 bridgehead atoms. The molecule has 0 radical (unpaired) electrons. The van der Waals surface area contributed by atoms with E-state index in [0.717, 1.165) is 22.3 Å². The maximum atomic E-state index is 12.4. The number of hydrogen-bond acceptors (Lipinski definition) is 5. The van der Waals surface area contributed by atoms with Crippen molar-refractivity contribution in [3.05, 3.63) is 93.9 Å². The number of benzene rings is 3. The normalized spacial score (nSPS) is 12.7. The number of phenolic OH excluding ortho intramolecular Hbond substituents is 1. The van der Waals surface area contributed by atoms with E-state index in [2.05, 4.69) is 15.3 Å². The molecule has 0 unspecified atom stereocenters. The summed E-state index contributed by atoms with van der Waals surface area (Å²) in [5.41, 5.74) is 13.3. The molecule has 166 valence electrons. The molecule has 3 N–H and O–H groups in total. The Balaban J connectivity index is 1.44. The van der Waals surface area contributed by atoms with Crippen molar-refractivity contribution in [3.63, 3.8) is 0 Å². The number of rotatable bonds is 7. The van der Waals surface area contributed by atoms with E-state index in [-0.39, 0.29) is 30.4 Å². The fraction of sp³-hybridized carbons (Fsp3) is 0.167. The smallest absolute Gasteiger partial charge is 0.407 e. The fourth-order valence-corrected chi connectivity index (χ4v) is 4.04. The number of nitrogens with one attached hydrogen (secondary N) is 1. The summed E-state index contributed by atoms with van der Waals surface area (Å²) in [7, 11) is 0. The molecule has 1 atom stereocenters. The number of aromatic hydroxyl groups is 1. The average Bonchev–Trinajstić information content (AvgIpc) is 3.13. The Hall–Kier alpha value is -4.49. The summed E-state index contributed by atoms with van der Waals surface area (Å²) >= 11 is 0. The van der Waals surface area contributed by atoms with E-state index in [9.17, 15) is 19.8 Å². The summed E-state index contributed by atoms with van der Waals surface area (Å²) < 4.78 is 5.42. The third-order valence-corrected chi connectivity index (χ3v) is 5.57. The van der Waals surface area contributed by atoms with Crippen molar-refractivity contribution in [3.8, 4) is 16.9 Å². The monoisotopic (exact) mass is 444 g/mol. The van der Waals surface area contributed by atoms with Gasteiger partial charge in [0.15, 0.2) is 0 Å². The molecule has 0 heterocycles. The number of aliphatic carboxylic acids is 1. The predicted molar refractivity (Wildman–Crippen MR) is 120 cm³/mol. The van der Waals surface area contributed by atoms with Gasteiger partial charge in [0, 0.05) is 17.3 Å². The largest absolute Gasteiger partial charge is 0.507 e. The molecular formula is C24H20N4O5. The maximum absolute atomic E-state index is 12.4. The standard InChI is InChI=1S/C24H20N4O5/c25-28-27-20-11-14(9-10-22(20)29)12-21(23(30)31)26-24(32)33-13-19-17-7-3-1-5-15(17)16-6-2-4-8-18(16)19/h1-11,19,21,29H,12-13H2,(H,26,32)(H,30,31)/t21-/m0/s1. The van der Waals surface area contributed by atoms with Crippen molar-refractivity contribution in [2.24, 2.45) is 5.11 Å². The Bertz CT molecular complexity index is 1220. The molecule has 3 aromatic rings. The lowest BCUT2D eigenvalue weighted by Crippen LogP contribution is -2.42. The van der Waals surface area contributed by atoms with Crippen LogP contribution in [0, 0.1) is 0 Å². The summed E-state index contributed by atoms with van der Waals surface area (Å²) in [6.07, 6.45) is -0.938. The maximum Gasteiger partial charge on any atom is 0.407 e. The number of hydrogen-bond donors (Lipinski definition) is 3. The first-order valence-corrected chi connectivity index (χ1v) is 10.2. The number of carbonyl (C=O) groups excluding carboxylic acids is 1. The van der Waals surface area contributed by atoms with Crippen LogP contribution in [0.5, 0.6) is 5.75 Å². The summed E-state index contributed by atoms with van der Waals surface area (Å²) in [6.45, 7) is 0.0619. The first-order chi connectivity index (χ1) is 16.0. The second-order valence-corrected chi connectivity index (χ2v) is 7.58. The van der Waals surface area contributed by atoms with Crippen LogP contribution in [0.4, 0.5) is 10.5 Å². The van der Waals surface area contributed by atoms with E-state index in [0.29, 0.717) is 5.56 Å². The van der Waals surface area contributed by atoms with E-state index in [4.69, 9.17) is 10.3 Å². The van der Waals surface area contributed by atoms with Gasteiger partial charge in [-0.05, 0) is 45.5 Å². The van der Waals surface area contributed by atoms with E-state index in [1.54, 1.807) is 0 Å². The highest BCUT2D eigenvalue weighted by Gasteiger charge is 2.29. The zero-order valence-electron chi connectivity index (χ0n) is 17.4. The van der Waals surface area contributed by atoms with Crippen LogP contribution in [0.25, 0.3) is 21.6 Å². The minimum atomic E-state index is -1.27. The van der Waals surface area contributed by atoms with Crippen LogP contribution >= 0.6 is 0 Å². The molecule has 1 aliphatic rings. The number of amides is 1. The first-order valence-electron chi connectivity index (χ1n) is 10.2. The van der Waals surface area contributed by atoms with E-state index >= 15 is 0 Å². The van der Waals surface area contributed by atoms with E-state index in [1.165, 1.54) is 18.2 Å². The van der Waals surface area contributed by atoms with Crippen molar-refractivity contribution in [1.82, 2.24) is 5.32 Å². The van der Waals surface area contributed by atoms with Gasteiger partial charge in [-0.25, -0.2) is 9.59 Å². The Morgan fingerprint density at radius 1 is 1.06 bits per heavy atom. The Morgan fingerprint density at radius 3 is 2.30 bits per heavy atom. The number of nitrogens with zero attached hydrogens (tertiary/aromatic N) is 3. The molecule has 0 saturated heterocycles. The molecule has 9 heteroatoms. The number of carboxylic acids is 1. The molecule has 33 heavy (non-hydrogen) atoms. The lowest BCUT2D eigenvalue weighted by atomic mass is 9.98. The van der Waals surface area contributed by atoms with Gasteiger partial charge in [-0.3, -0.25) is 0 Å². The Labute approximate surface area is 188 Å². The van der Waals surface area contributed by atoms with Gasteiger partial charge in [-0.15, -0.1) is 0 Å². The number of carboxylic acid groups (broad SMARTS) is 1. The zero-order valence-corrected chi connectivity index (χ0v) is 17.4. The zero-order chi connectivity index (χ0) is 23.4. The van der Waals surface area contributed by atoms with Gasteiger partial charge in [0.05, 0.1) is 5.69 Å². The topological polar surface area (TPSA) is 145 Å². The fourth-order valence-electron chi connectivity index (χ4n) is 4.04. The Morgan fingerprint density at radius 2 is 1.70 bits per heavy atom. The third kappa shape index (κ3) is 4.58. The molecule has 0 saturated carbocycles. The van der Waals surface area contributed by atoms with Crippen molar-refractivity contribution in [1.29, 1.82) is 0 Å². The number of phenols is 1. The SMILES string of the molecule is [N-]=[N+]=Nc1cc(C[C@H](NC(=O)OCC2c3ccccc3-c3ccccc32)C(=O)O)ccc1O. The summed E-state index contributed by atoms with van der Waals surface area (Å²) in [5.74, 6) is -1.62. The van der Waals surface area contributed by atoms with Crippen molar-refractivity contribution in [2.75, 3.05) is 6.61 Å². The van der Waals surface area contributed by atoms with Gasteiger partial charge in [-0.2, -0.15) is 0 Å². The molecule has 0 aromatic heterocycles. The van der Waals surface area contributed by atoms with Gasteiger partial charge in [-0.1, -0.05) is 59.7 Å². The number of alkyl carbamates (subject to hydrolysis) is 1. The van der Waals surface area contributed by atoms with Crippen LogP contribution in [0.2, 0.25) is 0 Å². The summed E-state index contributed by atoms with van der Waals surface area (Å²) in [5, 5.41) is 25.0. The average molecular weight is 444 g/mol. The molecule has 0 aliphatic heterocycles. The van der Waals surface area contributed by atoms with E-state index < -0.39 is 18.1 Å². The highest BCUT2D eigenvalue weighted by Crippen LogP contribution is 2.44. The van der Waals surface area contributed by atoms with Crippen LogP contribution in [0.3, 0.4) is 0 Å². The minimum absolute atomic E-state index is 0.0275. The second-order valence-electron chi connectivity index (χ2n) is 7.58. The van der Waals surface area contributed by atoms with Crippen molar-refractivity contribution < 1.29 is 24.5 Å². The molecule has 3 aromatic carbocycles. The molecule has 1 amide bonds. The van der Waals surface area contributed by atoms with Gasteiger partial charge in [0.2, 0.25) is 0 Å². The first kappa shape index (κ1) is 21.7. The number of azide groups is 1. The lowest BCUT2D eigenvalue weighted by Gasteiger charge is -2.18. The molecule has 0 fully saturated rings. The van der Waals surface area contributed by atoms with Crippen LogP contribution in [0.1, 0.15) is 22.6 Å². The summed E-state index contributed by atoms with van der Waals surface area (Å²) in [4.78, 5) is 26.8. The third-order valence-electron chi connectivity index (χ3n) is 5.57. The quantitative estimate of drug-likeness (QED) is 0.270. The van der Waals surface area contributed by atoms with Gasteiger partial charge >= 0.3 is 12.1 Å². The van der Waals surface area contributed by atoms with E-state index in [1.807, 2.05) is 48.5 Å². The van der Waals surface area contributed by atoms with Crippen molar-refractivity contribution in [2.45, 2.75) is 18.4 Å². The molecule has 4 rings (SSSR count). The minimum Gasteiger partial charge on any atom is -0.507 e.